The van der Waals surface area contributed by atoms with Gasteiger partial charge in [-0.1, -0.05) is 60.7 Å². The van der Waals surface area contributed by atoms with E-state index in [1.807, 2.05) is 77.7 Å². The van der Waals surface area contributed by atoms with Crippen LogP contribution in [0.25, 0.3) is 11.1 Å². The van der Waals surface area contributed by atoms with Gasteiger partial charge in [-0.25, -0.2) is 0 Å². The van der Waals surface area contributed by atoms with Crippen LogP contribution in [-0.4, -0.2) is 29.8 Å². The molecule has 0 atom stereocenters. The van der Waals surface area contributed by atoms with E-state index in [0.717, 1.165) is 16.8 Å². The van der Waals surface area contributed by atoms with Gasteiger partial charge in [-0.15, -0.1) is 0 Å². The molecule has 0 aliphatic carbocycles. The van der Waals surface area contributed by atoms with Crippen LogP contribution in [-0.2, 0) is 4.79 Å². The number of rotatable bonds is 4. The maximum absolute atomic E-state index is 12.8. The second-order valence-corrected chi connectivity index (χ2v) is 7.37. The van der Waals surface area contributed by atoms with Gasteiger partial charge >= 0.3 is 0 Å². The molecule has 146 valence electrons. The highest BCUT2D eigenvalue weighted by Crippen LogP contribution is 2.23. The first-order valence-corrected chi connectivity index (χ1v) is 10.0. The molecule has 1 saturated heterocycles. The number of hydrogen-bond donors (Lipinski definition) is 1. The molecule has 3 aromatic carbocycles. The maximum atomic E-state index is 12.8. The number of piperidine rings is 1. The minimum Gasteiger partial charge on any atom is -0.339 e. The van der Waals surface area contributed by atoms with E-state index < -0.39 is 0 Å². The predicted molar refractivity (Wildman–Crippen MR) is 116 cm³/mol. The standard InChI is InChI=1S/C25H24N2O2/c28-24(26-23-9-5-2-6-10-23)21-15-17-27(18-16-21)25(29)22-13-11-20(12-14-22)19-7-3-1-4-8-19/h1-14,21H,15-18H2,(H,26,28). The minimum atomic E-state index is -0.0558. The molecule has 0 unspecified atom stereocenters. The number of nitrogens with one attached hydrogen (secondary N) is 1. The van der Waals surface area contributed by atoms with Crippen molar-refractivity contribution in [3.05, 3.63) is 90.5 Å². The molecule has 0 spiro atoms. The Hall–Kier alpha value is -3.40. The molecule has 4 nitrogen and oxygen atoms in total. The number of amides is 2. The number of likely N-dealkylation sites (tertiary alicyclic amines) is 1. The van der Waals surface area contributed by atoms with Crippen LogP contribution in [0, 0.1) is 5.92 Å². The fraction of sp³-hybridized carbons (Fsp3) is 0.200. The summed E-state index contributed by atoms with van der Waals surface area (Å²) in [5.74, 6) is 0.0155. The number of nitrogens with zero attached hydrogens (tertiary/aromatic N) is 1. The topological polar surface area (TPSA) is 49.4 Å². The number of benzene rings is 3. The van der Waals surface area contributed by atoms with Crippen molar-refractivity contribution < 1.29 is 9.59 Å². The number of carbonyl (C=O) groups is 2. The summed E-state index contributed by atoms with van der Waals surface area (Å²) < 4.78 is 0. The molecule has 0 radical (unpaired) electrons. The summed E-state index contributed by atoms with van der Waals surface area (Å²) in [4.78, 5) is 27.2. The second kappa shape index (κ2) is 8.74. The maximum Gasteiger partial charge on any atom is 0.253 e. The normalized spacial score (nSPS) is 14.4. The molecule has 1 aliphatic heterocycles. The van der Waals surface area contributed by atoms with Crippen LogP contribution >= 0.6 is 0 Å². The lowest BCUT2D eigenvalue weighted by Crippen LogP contribution is -2.41. The average Bonchev–Trinajstić information content (AvgIpc) is 2.80. The summed E-state index contributed by atoms with van der Waals surface area (Å²) >= 11 is 0. The monoisotopic (exact) mass is 384 g/mol. The zero-order chi connectivity index (χ0) is 20.1. The van der Waals surface area contributed by atoms with E-state index in [0.29, 0.717) is 31.5 Å². The van der Waals surface area contributed by atoms with Gasteiger partial charge in [0.1, 0.15) is 0 Å². The first kappa shape index (κ1) is 18.9. The molecule has 1 fully saturated rings. The van der Waals surface area contributed by atoms with Crippen LogP contribution in [0.15, 0.2) is 84.9 Å². The highest BCUT2D eigenvalue weighted by Gasteiger charge is 2.27. The third kappa shape index (κ3) is 4.54. The van der Waals surface area contributed by atoms with Crippen LogP contribution in [0.4, 0.5) is 5.69 Å². The fourth-order valence-corrected chi connectivity index (χ4v) is 3.73. The zero-order valence-electron chi connectivity index (χ0n) is 16.3. The second-order valence-electron chi connectivity index (χ2n) is 7.37. The van der Waals surface area contributed by atoms with Gasteiger partial charge in [0, 0.05) is 30.3 Å². The van der Waals surface area contributed by atoms with E-state index >= 15 is 0 Å². The zero-order valence-corrected chi connectivity index (χ0v) is 16.3. The van der Waals surface area contributed by atoms with E-state index in [9.17, 15) is 9.59 Å². The van der Waals surface area contributed by atoms with Crippen LogP contribution in [0.1, 0.15) is 23.2 Å². The van der Waals surface area contributed by atoms with E-state index in [2.05, 4.69) is 17.4 Å². The molecule has 2 amide bonds. The van der Waals surface area contributed by atoms with Gasteiger partial charge in [-0.3, -0.25) is 9.59 Å². The van der Waals surface area contributed by atoms with Crippen molar-refractivity contribution in [1.29, 1.82) is 0 Å². The summed E-state index contributed by atoms with van der Waals surface area (Å²) in [6.45, 7) is 1.21. The molecule has 0 aromatic heterocycles. The molecule has 1 N–H and O–H groups in total. The Bertz CT molecular complexity index is 961. The molecule has 0 saturated carbocycles. The molecular formula is C25H24N2O2. The molecule has 0 bridgehead atoms. The number of hydrogen-bond acceptors (Lipinski definition) is 2. The Balaban J connectivity index is 1.33. The highest BCUT2D eigenvalue weighted by atomic mass is 16.2. The SMILES string of the molecule is O=C(Nc1ccccc1)C1CCN(C(=O)c2ccc(-c3ccccc3)cc2)CC1. The largest absolute Gasteiger partial charge is 0.339 e. The molecule has 1 heterocycles. The first-order valence-electron chi connectivity index (χ1n) is 10.0. The van der Waals surface area contributed by atoms with E-state index in [-0.39, 0.29) is 17.7 Å². The van der Waals surface area contributed by atoms with Gasteiger partial charge in [0.25, 0.3) is 5.91 Å². The van der Waals surface area contributed by atoms with E-state index in [1.165, 1.54) is 0 Å². The smallest absolute Gasteiger partial charge is 0.253 e. The van der Waals surface area contributed by atoms with E-state index in [1.54, 1.807) is 0 Å². The van der Waals surface area contributed by atoms with Gasteiger partial charge in [0.05, 0.1) is 0 Å². The molecule has 29 heavy (non-hydrogen) atoms. The fourth-order valence-electron chi connectivity index (χ4n) is 3.73. The summed E-state index contributed by atoms with van der Waals surface area (Å²) in [6, 6.07) is 27.4. The lowest BCUT2D eigenvalue weighted by Gasteiger charge is -2.31. The Morgan fingerprint density at radius 1 is 0.724 bits per heavy atom. The minimum absolute atomic E-state index is 0.0338. The third-order valence-electron chi connectivity index (χ3n) is 5.43. The van der Waals surface area contributed by atoms with Crippen LogP contribution in [0.2, 0.25) is 0 Å². The molecular weight excluding hydrogens is 360 g/mol. The van der Waals surface area contributed by atoms with Gasteiger partial charge in [-0.05, 0) is 48.2 Å². The third-order valence-corrected chi connectivity index (χ3v) is 5.43. The Labute approximate surface area is 171 Å². The Morgan fingerprint density at radius 2 is 1.28 bits per heavy atom. The summed E-state index contributed by atoms with van der Waals surface area (Å²) in [5, 5.41) is 2.97. The van der Waals surface area contributed by atoms with Crippen molar-refractivity contribution in [2.24, 2.45) is 5.92 Å². The van der Waals surface area contributed by atoms with Crippen molar-refractivity contribution in [1.82, 2.24) is 4.90 Å². The van der Waals surface area contributed by atoms with Gasteiger partial charge in [0.15, 0.2) is 0 Å². The molecule has 3 aromatic rings. The molecule has 1 aliphatic rings. The van der Waals surface area contributed by atoms with Gasteiger partial charge in [-0.2, -0.15) is 0 Å². The predicted octanol–water partition coefficient (Wildman–Crippen LogP) is 4.84. The van der Waals surface area contributed by atoms with Crippen molar-refractivity contribution in [3.63, 3.8) is 0 Å². The number of anilines is 1. The highest BCUT2D eigenvalue weighted by molar-refractivity contribution is 5.95. The van der Waals surface area contributed by atoms with E-state index in [4.69, 9.17) is 0 Å². The van der Waals surface area contributed by atoms with Crippen LogP contribution in [0.3, 0.4) is 0 Å². The van der Waals surface area contributed by atoms with Gasteiger partial charge in [0.2, 0.25) is 5.91 Å². The van der Waals surface area contributed by atoms with Gasteiger partial charge < -0.3 is 10.2 Å². The lowest BCUT2D eigenvalue weighted by atomic mass is 9.95. The Morgan fingerprint density at radius 3 is 1.90 bits per heavy atom. The van der Waals surface area contributed by atoms with Crippen LogP contribution in [0.5, 0.6) is 0 Å². The average molecular weight is 384 g/mol. The summed E-state index contributed by atoms with van der Waals surface area (Å²) in [5.41, 5.74) is 3.74. The van der Waals surface area contributed by atoms with Crippen molar-refractivity contribution in [2.75, 3.05) is 18.4 Å². The first-order chi connectivity index (χ1) is 14.2. The molecule has 4 rings (SSSR count). The number of para-hydroxylation sites is 1. The summed E-state index contributed by atoms with van der Waals surface area (Å²) in [7, 11) is 0. The lowest BCUT2D eigenvalue weighted by molar-refractivity contribution is -0.121. The van der Waals surface area contributed by atoms with Crippen LogP contribution < -0.4 is 5.32 Å². The Kier molecular flexibility index (Phi) is 5.71. The van der Waals surface area contributed by atoms with Crippen molar-refractivity contribution in [2.45, 2.75) is 12.8 Å². The van der Waals surface area contributed by atoms with Crippen molar-refractivity contribution >= 4 is 17.5 Å². The van der Waals surface area contributed by atoms with Crippen molar-refractivity contribution in [3.8, 4) is 11.1 Å². The number of carbonyl (C=O) groups excluding carboxylic acids is 2. The summed E-state index contributed by atoms with van der Waals surface area (Å²) in [6.07, 6.45) is 1.37. The molecule has 4 heteroatoms. The quantitative estimate of drug-likeness (QED) is 0.699.